The van der Waals surface area contributed by atoms with Crippen molar-refractivity contribution >= 4 is 12.1 Å². The molecule has 5 heteroatoms. The monoisotopic (exact) mass is 275 g/mol. The van der Waals surface area contributed by atoms with Crippen LogP contribution in [0.1, 0.15) is 25.3 Å². The van der Waals surface area contributed by atoms with Gasteiger partial charge in [0, 0.05) is 6.54 Å². The van der Waals surface area contributed by atoms with Crippen molar-refractivity contribution in [2.45, 2.75) is 31.9 Å². The van der Waals surface area contributed by atoms with Crippen molar-refractivity contribution in [1.29, 1.82) is 0 Å². The van der Waals surface area contributed by atoms with Gasteiger partial charge in [-0.05, 0) is 23.8 Å². The molecule has 2 aliphatic heterocycles. The van der Waals surface area contributed by atoms with Crippen LogP contribution in [0.25, 0.3) is 0 Å². The highest BCUT2D eigenvalue weighted by atomic mass is 16.6. The van der Waals surface area contributed by atoms with E-state index < -0.39 is 17.6 Å². The van der Waals surface area contributed by atoms with E-state index in [2.05, 4.69) is 0 Å². The number of amides is 1. The molecule has 106 valence electrons. The Kier molecular flexibility index (Phi) is 2.74. The summed E-state index contributed by atoms with van der Waals surface area (Å²) >= 11 is 0. The first kappa shape index (κ1) is 13.0. The molecular weight excluding hydrogens is 258 g/mol. The molecule has 2 saturated heterocycles. The summed E-state index contributed by atoms with van der Waals surface area (Å²) in [5.41, 5.74) is -0.213. The summed E-state index contributed by atoms with van der Waals surface area (Å²) < 4.78 is 5.25. The van der Waals surface area contributed by atoms with Crippen LogP contribution >= 0.6 is 0 Å². The molecule has 2 heterocycles. The lowest BCUT2D eigenvalue weighted by Gasteiger charge is -2.42. The average Bonchev–Trinajstić information content (AvgIpc) is 2.87. The number of carboxylic acid groups (broad SMARTS) is 1. The third-order valence-corrected chi connectivity index (χ3v) is 4.32. The van der Waals surface area contributed by atoms with Gasteiger partial charge in [-0.25, -0.2) is 9.59 Å². The molecule has 1 aliphatic carbocycles. The number of aliphatic carboxylic acids is 1. The lowest BCUT2D eigenvalue weighted by atomic mass is 9.63. The number of nitrogens with zero attached hydrogens (tertiary/aromatic N) is 1. The van der Waals surface area contributed by atoms with E-state index >= 15 is 0 Å². The standard InChI is InChI=1S/C15H17NO4/c1-14-8-15(9-14,12(17)18)16(10-14)13(19)20-7-11-5-3-2-4-6-11/h2-6H,7-10H2,1H3,(H,17,18). The maximum absolute atomic E-state index is 12.1. The molecule has 0 atom stereocenters. The summed E-state index contributed by atoms with van der Waals surface area (Å²) in [6.07, 6.45) is 0.517. The second-order valence-corrected chi connectivity index (χ2v) is 6.13. The van der Waals surface area contributed by atoms with Crippen LogP contribution in [0.4, 0.5) is 4.79 Å². The lowest BCUT2D eigenvalue weighted by Crippen LogP contribution is -2.56. The Bertz CT molecular complexity index is 548. The number of carbonyl (C=O) groups excluding carboxylic acids is 1. The van der Waals surface area contributed by atoms with Gasteiger partial charge in [-0.15, -0.1) is 0 Å². The van der Waals surface area contributed by atoms with Crippen LogP contribution in [0.15, 0.2) is 30.3 Å². The first-order chi connectivity index (χ1) is 9.45. The van der Waals surface area contributed by atoms with Crippen molar-refractivity contribution in [3.05, 3.63) is 35.9 Å². The van der Waals surface area contributed by atoms with E-state index in [4.69, 9.17) is 4.74 Å². The molecule has 1 aromatic carbocycles. The minimum Gasteiger partial charge on any atom is -0.479 e. The van der Waals surface area contributed by atoms with Crippen LogP contribution in [-0.2, 0) is 16.1 Å². The molecular formula is C15H17NO4. The Labute approximate surface area is 117 Å². The second-order valence-electron chi connectivity index (χ2n) is 6.13. The van der Waals surface area contributed by atoms with E-state index in [0.717, 1.165) is 5.56 Å². The maximum atomic E-state index is 12.1. The fourth-order valence-electron chi connectivity index (χ4n) is 3.50. The van der Waals surface area contributed by atoms with Crippen LogP contribution in [0.2, 0.25) is 0 Å². The summed E-state index contributed by atoms with van der Waals surface area (Å²) in [5, 5.41) is 9.38. The summed E-state index contributed by atoms with van der Waals surface area (Å²) in [4.78, 5) is 25.0. The highest BCUT2D eigenvalue weighted by Gasteiger charge is 2.69. The quantitative estimate of drug-likeness (QED) is 0.918. The van der Waals surface area contributed by atoms with Crippen molar-refractivity contribution in [3.63, 3.8) is 0 Å². The zero-order chi connectivity index (χ0) is 14.4. The number of ether oxygens (including phenoxy) is 1. The van der Waals surface area contributed by atoms with Crippen LogP contribution < -0.4 is 0 Å². The molecule has 0 unspecified atom stereocenters. The van der Waals surface area contributed by atoms with E-state index in [1.807, 2.05) is 37.3 Å². The molecule has 20 heavy (non-hydrogen) atoms. The van der Waals surface area contributed by atoms with Crippen LogP contribution in [0.5, 0.6) is 0 Å². The van der Waals surface area contributed by atoms with Gasteiger partial charge in [-0.3, -0.25) is 4.90 Å². The maximum Gasteiger partial charge on any atom is 0.411 e. The number of benzene rings is 1. The first-order valence-corrected chi connectivity index (χ1v) is 6.67. The van der Waals surface area contributed by atoms with E-state index in [9.17, 15) is 14.7 Å². The molecule has 1 aromatic rings. The van der Waals surface area contributed by atoms with E-state index in [1.165, 1.54) is 4.90 Å². The Balaban J connectivity index is 1.67. The van der Waals surface area contributed by atoms with Gasteiger partial charge < -0.3 is 9.84 Å². The Hall–Kier alpha value is -2.04. The molecule has 3 fully saturated rings. The lowest BCUT2D eigenvalue weighted by molar-refractivity contribution is -0.153. The molecule has 1 amide bonds. The summed E-state index contributed by atoms with van der Waals surface area (Å²) in [6, 6.07) is 9.36. The predicted octanol–water partition coefficient (Wildman–Crippen LogP) is 2.26. The summed E-state index contributed by atoms with van der Waals surface area (Å²) in [6.45, 7) is 2.65. The average molecular weight is 275 g/mol. The van der Waals surface area contributed by atoms with Crippen LogP contribution in [-0.4, -0.2) is 34.2 Å². The van der Waals surface area contributed by atoms with Gasteiger partial charge in [0.25, 0.3) is 0 Å². The number of carbonyl (C=O) groups is 2. The molecule has 1 N–H and O–H groups in total. The van der Waals surface area contributed by atoms with Crippen molar-refractivity contribution < 1.29 is 19.4 Å². The van der Waals surface area contributed by atoms with Gasteiger partial charge >= 0.3 is 12.1 Å². The normalized spacial score (nSPS) is 30.8. The summed E-state index contributed by atoms with van der Waals surface area (Å²) in [7, 11) is 0. The van der Waals surface area contributed by atoms with E-state index in [0.29, 0.717) is 19.4 Å². The Morgan fingerprint density at radius 3 is 2.55 bits per heavy atom. The van der Waals surface area contributed by atoms with Crippen molar-refractivity contribution in [3.8, 4) is 0 Å². The number of rotatable bonds is 3. The van der Waals surface area contributed by atoms with Gasteiger partial charge in [0.2, 0.25) is 0 Å². The smallest absolute Gasteiger partial charge is 0.411 e. The molecule has 5 nitrogen and oxygen atoms in total. The van der Waals surface area contributed by atoms with Crippen molar-refractivity contribution in [2.24, 2.45) is 5.41 Å². The number of fused-ring (bicyclic) bond motifs is 1. The van der Waals surface area contributed by atoms with Gasteiger partial charge in [-0.1, -0.05) is 37.3 Å². The highest BCUT2D eigenvalue weighted by Crippen LogP contribution is 2.59. The fraction of sp³-hybridized carbons (Fsp3) is 0.467. The SMILES string of the molecule is CC12CN(C(=O)OCc3ccccc3)C(C(=O)O)(C1)C2. The topological polar surface area (TPSA) is 66.8 Å². The van der Waals surface area contributed by atoms with Crippen LogP contribution in [0.3, 0.4) is 0 Å². The molecule has 2 bridgehead atoms. The van der Waals surface area contributed by atoms with Gasteiger partial charge in [0.1, 0.15) is 12.1 Å². The van der Waals surface area contributed by atoms with Gasteiger partial charge in [0.05, 0.1) is 0 Å². The molecule has 4 rings (SSSR count). The van der Waals surface area contributed by atoms with Crippen LogP contribution in [0, 0.1) is 5.41 Å². The van der Waals surface area contributed by atoms with Gasteiger partial charge in [-0.2, -0.15) is 0 Å². The number of hydrogen-bond acceptors (Lipinski definition) is 3. The molecule has 0 radical (unpaired) electrons. The molecule has 3 aliphatic rings. The number of hydrogen-bond donors (Lipinski definition) is 1. The Morgan fingerprint density at radius 1 is 1.30 bits per heavy atom. The predicted molar refractivity (Wildman–Crippen MR) is 71.0 cm³/mol. The summed E-state index contributed by atoms with van der Waals surface area (Å²) in [5.74, 6) is -0.927. The van der Waals surface area contributed by atoms with Crippen molar-refractivity contribution in [2.75, 3.05) is 6.54 Å². The zero-order valence-electron chi connectivity index (χ0n) is 11.3. The molecule has 1 saturated carbocycles. The minimum atomic E-state index is -1.04. The van der Waals surface area contributed by atoms with Gasteiger partial charge in [0.15, 0.2) is 0 Å². The third kappa shape index (κ3) is 1.85. The minimum absolute atomic E-state index is 0.0653. The van der Waals surface area contributed by atoms with E-state index in [-0.39, 0.29) is 12.0 Å². The molecule has 0 spiro atoms. The molecule has 0 aromatic heterocycles. The largest absolute Gasteiger partial charge is 0.479 e. The third-order valence-electron chi connectivity index (χ3n) is 4.32. The second kappa shape index (κ2) is 4.23. The first-order valence-electron chi connectivity index (χ1n) is 6.67. The van der Waals surface area contributed by atoms with E-state index in [1.54, 1.807) is 0 Å². The van der Waals surface area contributed by atoms with Crippen molar-refractivity contribution in [1.82, 2.24) is 4.90 Å². The fourth-order valence-corrected chi connectivity index (χ4v) is 3.50. The highest BCUT2D eigenvalue weighted by molar-refractivity contribution is 5.87. The Morgan fingerprint density at radius 2 is 1.95 bits per heavy atom. The number of carboxylic acids is 1. The zero-order valence-corrected chi connectivity index (χ0v) is 11.3.